The van der Waals surface area contributed by atoms with Crippen LogP contribution in [0.5, 0.6) is 0 Å². The predicted molar refractivity (Wildman–Crippen MR) is 97.6 cm³/mol. The third-order valence-corrected chi connectivity index (χ3v) is 3.96. The molecule has 1 aromatic carbocycles. The van der Waals surface area contributed by atoms with Crippen molar-refractivity contribution in [3.8, 4) is 11.4 Å². The molecule has 2 amide bonds. The first kappa shape index (κ1) is 18.8. The summed E-state index contributed by atoms with van der Waals surface area (Å²) in [6.45, 7) is 5.52. The number of hydrogen-bond donors (Lipinski definition) is 1. The van der Waals surface area contributed by atoms with Crippen molar-refractivity contribution in [2.45, 2.75) is 38.8 Å². The number of anilines is 1. The lowest BCUT2D eigenvalue weighted by atomic mass is 10.1. The lowest BCUT2D eigenvalue weighted by Gasteiger charge is -2.22. The number of carbonyl (C=O) groups excluding carboxylic acids is 2. The fraction of sp³-hybridized carbons (Fsp3) is 0.368. The zero-order chi connectivity index (χ0) is 19.6. The molecule has 2 heterocycles. The lowest BCUT2D eigenvalue weighted by Crippen LogP contribution is -2.43. The second-order valence-electron chi connectivity index (χ2n) is 7.22. The number of nitrogens with zero attached hydrogens (tertiary/aromatic N) is 3. The Morgan fingerprint density at radius 1 is 1.30 bits per heavy atom. The van der Waals surface area contributed by atoms with Gasteiger partial charge in [0.2, 0.25) is 5.91 Å². The van der Waals surface area contributed by atoms with Gasteiger partial charge in [0.05, 0.1) is 5.69 Å². The molecule has 1 aliphatic rings. The van der Waals surface area contributed by atoms with E-state index in [4.69, 9.17) is 4.74 Å². The average molecular weight is 372 g/mol. The van der Waals surface area contributed by atoms with Crippen molar-refractivity contribution < 1.29 is 18.7 Å². The molecule has 142 valence electrons. The minimum absolute atomic E-state index is 0.160. The smallest absolute Gasteiger partial charge is 0.408 e. The van der Waals surface area contributed by atoms with Gasteiger partial charge in [-0.05, 0) is 51.5 Å². The Hall–Kier alpha value is -3.03. The fourth-order valence-corrected chi connectivity index (χ4v) is 2.82. The van der Waals surface area contributed by atoms with Crippen molar-refractivity contribution in [2.24, 2.45) is 0 Å². The van der Waals surface area contributed by atoms with Crippen LogP contribution in [0.4, 0.5) is 14.9 Å². The molecule has 1 saturated heterocycles. The fourth-order valence-electron chi connectivity index (χ4n) is 2.82. The van der Waals surface area contributed by atoms with E-state index in [1.165, 1.54) is 17.0 Å². The second-order valence-corrected chi connectivity index (χ2v) is 7.22. The second kappa shape index (κ2) is 7.30. The summed E-state index contributed by atoms with van der Waals surface area (Å²) in [6.07, 6.45) is 2.86. The number of alkyl carbamates (subject to hydrolysis) is 1. The first-order valence-electron chi connectivity index (χ1n) is 8.62. The molecule has 27 heavy (non-hydrogen) atoms. The molecule has 1 N–H and O–H groups in total. The van der Waals surface area contributed by atoms with Crippen molar-refractivity contribution in [1.82, 2.24) is 15.3 Å². The third kappa shape index (κ3) is 4.39. The van der Waals surface area contributed by atoms with E-state index in [1.54, 1.807) is 45.3 Å². The van der Waals surface area contributed by atoms with Crippen LogP contribution in [0.15, 0.2) is 36.7 Å². The van der Waals surface area contributed by atoms with E-state index >= 15 is 0 Å². The summed E-state index contributed by atoms with van der Waals surface area (Å²) in [5.41, 5.74) is 0.0208. The molecule has 0 unspecified atom stereocenters. The Morgan fingerprint density at radius 3 is 2.63 bits per heavy atom. The minimum Gasteiger partial charge on any atom is -0.444 e. The van der Waals surface area contributed by atoms with Gasteiger partial charge in [0, 0.05) is 24.5 Å². The SMILES string of the molecule is CC(C)(C)OC(=O)N[C@H]1CCN(c2ccc(-c3ncccn3)cc2F)C1=O. The monoisotopic (exact) mass is 372 g/mol. The topological polar surface area (TPSA) is 84.4 Å². The number of carbonyl (C=O) groups is 2. The Labute approximate surface area is 156 Å². The normalized spacial score (nSPS) is 17.1. The highest BCUT2D eigenvalue weighted by Crippen LogP contribution is 2.28. The number of amides is 2. The highest BCUT2D eigenvalue weighted by Gasteiger charge is 2.35. The highest BCUT2D eigenvalue weighted by molar-refractivity contribution is 6.01. The van der Waals surface area contributed by atoms with Crippen molar-refractivity contribution >= 4 is 17.7 Å². The van der Waals surface area contributed by atoms with Gasteiger partial charge in [-0.3, -0.25) is 4.79 Å². The molecule has 3 rings (SSSR count). The molecule has 8 heteroatoms. The number of ether oxygens (including phenoxy) is 1. The van der Waals surface area contributed by atoms with Gasteiger partial charge in [-0.15, -0.1) is 0 Å². The quantitative estimate of drug-likeness (QED) is 0.896. The molecule has 1 fully saturated rings. The molecule has 0 bridgehead atoms. The number of rotatable bonds is 3. The van der Waals surface area contributed by atoms with E-state index in [1.807, 2.05) is 0 Å². The van der Waals surface area contributed by atoms with Crippen LogP contribution >= 0.6 is 0 Å². The van der Waals surface area contributed by atoms with E-state index in [2.05, 4.69) is 15.3 Å². The van der Waals surface area contributed by atoms with Gasteiger partial charge in [-0.1, -0.05) is 0 Å². The summed E-state index contributed by atoms with van der Waals surface area (Å²) >= 11 is 0. The summed E-state index contributed by atoms with van der Waals surface area (Å²) in [7, 11) is 0. The van der Waals surface area contributed by atoms with Gasteiger partial charge in [-0.2, -0.15) is 0 Å². The van der Waals surface area contributed by atoms with Crippen LogP contribution in [0.2, 0.25) is 0 Å². The first-order valence-corrected chi connectivity index (χ1v) is 8.62. The van der Waals surface area contributed by atoms with E-state index < -0.39 is 23.6 Å². The van der Waals surface area contributed by atoms with Crippen LogP contribution in [-0.4, -0.2) is 40.2 Å². The van der Waals surface area contributed by atoms with Crippen LogP contribution in [-0.2, 0) is 9.53 Å². The Bertz CT molecular complexity index is 852. The standard InChI is InChI=1S/C19H21FN4O3/c1-19(2,3)27-18(26)23-14-7-10-24(17(14)25)15-6-5-12(11-13(15)20)16-21-8-4-9-22-16/h4-6,8-9,11,14H,7,10H2,1-3H3,(H,23,26)/t14-/m0/s1. The van der Waals surface area contributed by atoms with Crippen LogP contribution in [0.3, 0.4) is 0 Å². The molecule has 1 aromatic heterocycles. The number of benzene rings is 1. The van der Waals surface area contributed by atoms with Crippen LogP contribution in [0.1, 0.15) is 27.2 Å². The van der Waals surface area contributed by atoms with Gasteiger partial charge in [-0.25, -0.2) is 19.2 Å². The molecule has 1 aliphatic heterocycles. The Kier molecular flexibility index (Phi) is 5.07. The summed E-state index contributed by atoms with van der Waals surface area (Å²) in [5.74, 6) is -0.519. The van der Waals surface area contributed by atoms with Gasteiger partial charge in [0.1, 0.15) is 17.5 Å². The van der Waals surface area contributed by atoms with Crippen LogP contribution < -0.4 is 10.2 Å². The van der Waals surface area contributed by atoms with Gasteiger partial charge in [0.15, 0.2) is 5.82 Å². The molecule has 7 nitrogen and oxygen atoms in total. The largest absolute Gasteiger partial charge is 0.444 e. The summed E-state index contributed by atoms with van der Waals surface area (Å²) < 4.78 is 19.8. The number of halogens is 1. The molecule has 0 spiro atoms. The maximum atomic E-state index is 14.6. The Balaban J connectivity index is 1.72. The maximum absolute atomic E-state index is 14.6. The zero-order valence-corrected chi connectivity index (χ0v) is 15.4. The van der Waals surface area contributed by atoms with Crippen LogP contribution in [0.25, 0.3) is 11.4 Å². The number of aromatic nitrogens is 2. The molecular formula is C19H21FN4O3. The van der Waals surface area contributed by atoms with Crippen molar-refractivity contribution in [2.75, 3.05) is 11.4 Å². The zero-order valence-electron chi connectivity index (χ0n) is 15.4. The highest BCUT2D eigenvalue weighted by atomic mass is 19.1. The molecule has 0 saturated carbocycles. The van der Waals surface area contributed by atoms with Gasteiger partial charge < -0.3 is 15.0 Å². The molecule has 2 aromatic rings. The first-order chi connectivity index (χ1) is 12.7. The number of nitrogens with one attached hydrogen (secondary N) is 1. The number of hydrogen-bond acceptors (Lipinski definition) is 5. The van der Waals surface area contributed by atoms with E-state index in [0.29, 0.717) is 24.4 Å². The summed E-state index contributed by atoms with van der Waals surface area (Å²) in [4.78, 5) is 34.0. The van der Waals surface area contributed by atoms with Gasteiger partial charge >= 0.3 is 6.09 Å². The molecule has 1 atom stereocenters. The van der Waals surface area contributed by atoms with E-state index in [9.17, 15) is 14.0 Å². The average Bonchev–Trinajstić information content (AvgIpc) is 2.94. The summed E-state index contributed by atoms with van der Waals surface area (Å²) in [6, 6.07) is 5.42. The van der Waals surface area contributed by atoms with Crippen LogP contribution in [0, 0.1) is 5.82 Å². The predicted octanol–water partition coefficient (Wildman–Crippen LogP) is 2.91. The van der Waals surface area contributed by atoms with E-state index in [-0.39, 0.29) is 11.6 Å². The maximum Gasteiger partial charge on any atom is 0.408 e. The van der Waals surface area contributed by atoms with Crippen molar-refractivity contribution in [3.63, 3.8) is 0 Å². The molecular weight excluding hydrogens is 351 g/mol. The Morgan fingerprint density at radius 2 is 2.00 bits per heavy atom. The van der Waals surface area contributed by atoms with Gasteiger partial charge in [0.25, 0.3) is 0 Å². The van der Waals surface area contributed by atoms with Crippen molar-refractivity contribution in [1.29, 1.82) is 0 Å². The minimum atomic E-state index is -0.739. The van der Waals surface area contributed by atoms with E-state index in [0.717, 1.165) is 0 Å². The third-order valence-electron chi connectivity index (χ3n) is 3.96. The molecule has 0 radical (unpaired) electrons. The lowest BCUT2D eigenvalue weighted by molar-refractivity contribution is -0.118. The van der Waals surface area contributed by atoms with Crippen molar-refractivity contribution in [3.05, 3.63) is 42.5 Å². The molecule has 0 aliphatic carbocycles. The summed E-state index contributed by atoms with van der Waals surface area (Å²) in [5, 5.41) is 2.55.